The number of carbonyl (C=O) groups is 1. The highest BCUT2D eigenvalue weighted by molar-refractivity contribution is 7.88. The summed E-state index contributed by atoms with van der Waals surface area (Å²) in [6.45, 7) is 6.17. The second-order valence-corrected chi connectivity index (χ2v) is 9.07. The fourth-order valence-electron chi connectivity index (χ4n) is 2.99. The highest BCUT2D eigenvalue weighted by atomic mass is 32.2. The van der Waals surface area contributed by atoms with Crippen LogP contribution in [0.1, 0.15) is 33.1 Å². The average molecular weight is 368 g/mol. The van der Waals surface area contributed by atoms with E-state index in [0.717, 1.165) is 25.0 Å². The van der Waals surface area contributed by atoms with Crippen molar-refractivity contribution in [3.63, 3.8) is 0 Å². The maximum atomic E-state index is 12.2. The molecule has 1 amide bonds. The van der Waals surface area contributed by atoms with Gasteiger partial charge in [0.25, 0.3) is 0 Å². The van der Waals surface area contributed by atoms with E-state index in [1.165, 1.54) is 23.6 Å². The van der Waals surface area contributed by atoms with Gasteiger partial charge in [-0.15, -0.1) is 0 Å². The van der Waals surface area contributed by atoms with E-state index >= 15 is 0 Å². The summed E-state index contributed by atoms with van der Waals surface area (Å²) in [5.41, 5.74) is 1.85. The lowest BCUT2D eigenvalue weighted by molar-refractivity contribution is -0.116. The summed E-state index contributed by atoms with van der Waals surface area (Å²) >= 11 is 0. The monoisotopic (exact) mass is 367 g/mol. The van der Waals surface area contributed by atoms with Crippen LogP contribution in [0, 0.1) is 5.92 Å². The van der Waals surface area contributed by atoms with Gasteiger partial charge in [-0.05, 0) is 49.4 Å². The number of hydrogen-bond donors (Lipinski definition) is 1. The van der Waals surface area contributed by atoms with Gasteiger partial charge in [-0.1, -0.05) is 13.8 Å². The van der Waals surface area contributed by atoms with E-state index in [2.05, 4.69) is 10.2 Å². The number of benzene rings is 1. The molecule has 7 heteroatoms. The minimum atomic E-state index is -3.40. The Morgan fingerprint density at radius 1 is 1.16 bits per heavy atom. The summed E-state index contributed by atoms with van der Waals surface area (Å²) in [4.78, 5) is 14.6. The van der Waals surface area contributed by atoms with Gasteiger partial charge >= 0.3 is 0 Å². The molecule has 140 valence electrons. The molecular formula is C18H29N3O3S. The zero-order valence-electron chi connectivity index (χ0n) is 15.4. The molecule has 0 spiro atoms. The molecule has 0 aliphatic carbocycles. The first kappa shape index (κ1) is 19.7. The topological polar surface area (TPSA) is 69.7 Å². The van der Waals surface area contributed by atoms with E-state index in [1.807, 2.05) is 38.1 Å². The van der Waals surface area contributed by atoms with Gasteiger partial charge in [-0.25, -0.2) is 8.42 Å². The molecular weight excluding hydrogens is 338 g/mol. The van der Waals surface area contributed by atoms with Gasteiger partial charge in [0.15, 0.2) is 0 Å². The van der Waals surface area contributed by atoms with Crippen molar-refractivity contribution < 1.29 is 13.2 Å². The predicted molar refractivity (Wildman–Crippen MR) is 102 cm³/mol. The normalized spacial score (nSPS) is 15.6. The van der Waals surface area contributed by atoms with Crippen LogP contribution in [-0.4, -0.2) is 51.1 Å². The Labute approximate surface area is 151 Å². The van der Waals surface area contributed by atoms with Crippen molar-refractivity contribution in [1.82, 2.24) is 4.31 Å². The first-order chi connectivity index (χ1) is 11.8. The zero-order valence-corrected chi connectivity index (χ0v) is 16.2. The summed E-state index contributed by atoms with van der Waals surface area (Å²) in [5, 5.41) is 2.78. The first-order valence-electron chi connectivity index (χ1n) is 8.85. The van der Waals surface area contributed by atoms with Gasteiger partial charge in [0.1, 0.15) is 0 Å². The Kier molecular flexibility index (Phi) is 6.84. The van der Waals surface area contributed by atoms with Gasteiger partial charge in [-0.3, -0.25) is 4.79 Å². The van der Waals surface area contributed by atoms with Gasteiger partial charge < -0.3 is 10.2 Å². The largest absolute Gasteiger partial charge is 0.372 e. The van der Waals surface area contributed by atoms with Crippen molar-refractivity contribution >= 4 is 27.3 Å². The molecule has 1 aliphatic heterocycles. The standard InChI is InChI=1S/C18H29N3O3S/c1-15(2)13-21(25(3,23)24)14-18(22)19-16-7-9-17(10-8-16)20-11-5-4-6-12-20/h7-10,15H,4-6,11-14H2,1-3H3,(H,19,22). The number of rotatable bonds is 7. The Balaban J connectivity index is 1.95. The number of hydrogen-bond acceptors (Lipinski definition) is 4. The van der Waals surface area contributed by atoms with Crippen molar-refractivity contribution in [2.45, 2.75) is 33.1 Å². The third-order valence-electron chi connectivity index (χ3n) is 4.23. The summed E-state index contributed by atoms with van der Waals surface area (Å²) < 4.78 is 24.8. The molecule has 0 saturated carbocycles. The van der Waals surface area contributed by atoms with Gasteiger partial charge in [0, 0.05) is 31.0 Å². The van der Waals surface area contributed by atoms with Gasteiger partial charge in [0.2, 0.25) is 15.9 Å². The van der Waals surface area contributed by atoms with Crippen molar-refractivity contribution in [2.24, 2.45) is 5.92 Å². The highest BCUT2D eigenvalue weighted by Gasteiger charge is 2.21. The predicted octanol–water partition coefficient (Wildman–Crippen LogP) is 2.53. The Morgan fingerprint density at radius 3 is 2.28 bits per heavy atom. The van der Waals surface area contributed by atoms with Crippen LogP contribution in [-0.2, 0) is 14.8 Å². The van der Waals surface area contributed by atoms with Crippen LogP contribution in [0.2, 0.25) is 0 Å². The molecule has 0 radical (unpaired) electrons. The van der Waals surface area contributed by atoms with Gasteiger partial charge in [-0.2, -0.15) is 4.31 Å². The van der Waals surface area contributed by atoms with E-state index in [9.17, 15) is 13.2 Å². The highest BCUT2D eigenvalue weighted by Crippen LogP contribution is 2.21. The van der Waals surface area contributed by atoms with E-state index < -0.39 is 10.0 Å². The lowest BCUT2D eigenvalue weighted by Gasteiger charge is -2.28. The smallest absolute Gasteiger partial charge is 0.239 e. The molecule has 0 atom stereocenters. The zero-order chi connectivity index (χ0) is 18.4. The second kappa shape index (κ2) is 8.67. The Hall–Kier alpha value is -1.60. The Morgan fingerprint density at radius 2 is 1.76 bits per heavy atom. The molecule has 6 nitrogen and oxygen atoms in total. The van der Waals surface area contributed by atoms with Crippen molar-refractivity contribution in [3.05, 3.63) is 24.3 Å². The van der Waals surface area contributed by atoms with Crippen molar-refractivity contribution in [2.75, 3.05) is 42.7 Å². The molecule has 1 aromatic rings. The molecule has 1 heterocycles. The average Bonchev–Trinajstić information content (AvgIpc) is 2.54. The maximum Gasteiger partial charge on any atom is 0.239 e. The number of anilines is 2. The summed E-state index contributed by atoms with van der Waals surface area (Å²) in [5.74, 6) is -0.164. The van der Waals surface area contributed by atoms with Crippen LogP contribution in [0.3, 0.4) is 0 Å². The van der Waals surface area contributed by atoms with Gasteiger partial charge in [0.05, 0.1) is 12.8 Å². The lowest BCUT2D eigenvalue weighted by atomic mass is 10.1. The van der Waals surface area contributed by atoms with E-state index in [4.69, 9.17) is 0 Å². The van der Waals surface area contributed by atoms with Crippen LogP contribution in [0.4, 0.5) is 11.4 Å². The lowest BCUT2D eigenvalue weighted by Crippen LogP contribution is -2.39. The van der Waals surface area contributed by atoms with Crippen LogP contribution in [0.15, 0.2) is 24.3 Å². The van der Waals surface area contributed by atoms with E-state index in [1.54, 1.807) is 0 Å². The molecule has 1 N–H and O–H groups in total. The molecule has 0 unspecified atom stereocenters. The molecule has 1 aromatic carbocycles. The quantitative estimate of drug-likeness (QED) is 0.804. The Bertz CT molecular complexity index is 665. The molecule has 1 saturated heterocycles. The molecule has 0 aromatic heterocycles. The van der Waals surface area contributed by atoms with Crippen LogP contribution >= 0.6 is 0 Å². The fraction of sp³-hybridized carbons (Fsp3) is 0.611. The number of nitrogens with one attached hydrogen (secondary N) is 1. The fourth-order valence-corrected chi connectivity index (χ4v) is 3.91. The van der Waals surface area contributed by atoms with E-state index in [0.29, 0.717) is 12.2 Å². The number of piperidine rings is 1. The van der Waals surface area contributed by atoms with E-state index in [-0.39, 0.29) is 18.4 Å². The number of sulfonamides is 1. The second-order valence-electron chi connectivity index (χ2n) is 7.09. The van der Waals surface area contributed by atoms with Crippen molar-refractivity contribution in [1.29, 1.82) is 0 Å². The van der Waals surface area contributed by atoms with Crippen molar-refractivity contribution in [3.8, 4) is 0 Å². The first-order valence-corrected chi connectivity index (χ1v) is 10.7. The summed E-state index contributed by atoms with van der Waals surface area (Å²) in [7, 11) is -3.40. The maximum absolute atomic E-state index is 12.2. The summed E-state index contributed by atoms with van der Waals surface area (Å²) in [6, 6.07) is 7.75. The molecule has 1 aliphatic rings. The molecule has 2 rings (SSSR count). The minimum Gasteiger partial charge on any atom is -0.372 e. The molecule has 0 bridgehead atoms. The number of nitrogens with zero attached hydrogens (tertiary/aromatic N) is 2. The van der Waals surface area contributed by atoms with Crippen LogP contribution in [0.5, 0.6) is 0 Å². The third-order valence-corrected chi connectivity index (χ3v) is 5.45. The minimum absolute atomic E-state index is 0.159. The molecule has 1 fully saturated rings. The summed E-state index contributed by atoms with van der Waals surface area (Å²) in [6.07, 6.45) is 4.86. The SMILES string of the molecule is CC(C)CN(CC(=O)Nc1ccc(N2CCCCC2)cc1)S(C)(=O)=O. The molecule has 25 heavy (non-hydrogen) atoms. The number of carbonyl (C=O) groups excluding carboxylic acids is 1. The van der Waals surface area contributed by atoms with Crippen LogP contribution < -0.4 is 10.2 Å². The third kappa shape index (κ3) is 6.32. The number of amides is 1. The van der Waals surface area contributed by atoms with Crippen LogP contribution in [0.25, 0.3) is 0 Å².